The number of anilines is 2. The van der Waals surface area contributed by atoms with E-state index in [1.807, 2.05) is 0 Å². The Hall–Kier alpha value is -3.41. The van der Waals surface area contributed by atoms with E-state index in [1.54, 1.807) is 6.07 Å². The molecular formula is C22H22F2N6O3S. The molecule has 0 amide bonds. The maximum atomic E-state index is 15.6. The van der Waals surface area contributed by atoms with Crippen molar-refractivity contribution in [2.24, 2.45) is 10.7 Å². The summed E-state index contributed by atoms with van der Waals surface area (Å²) in [5.41, 5.74) is 2.58. The standard InChI is InChI=1S/C22H22F2N6O3S/c1-21(19(24)34(31,32)22(7-3-8-22)20(25)30-21)13-10-12(4-5-14(13)23)28-18-17-15(6-9-26-18)29-16(33-2)11-27-17/h4-6,9-11,19H,3,7-8H2,1-2H3,(H2,25,30)(H,26,28). The molecule has 9 nitrogen and oxygen atoms in total. The molecule has 12 heteroatoms. The summed E-state index contributed by atoms with van der Waals surface area (Å²) in [7, 11) is -2.87. The van der Waals surface area contributed by atoms with Crippen molar-refractivity contribution in [3.05, 3.63) is 48.0 Å². The van der Waals surface area contributed by atoms with E-state index in [-0.39, 0.29) is 24.2 Å². The van der Waals surface area contributed by atoms with Crippen LogP contribution >= 0.6 is 0 Å². The van der Waals surface area contributed by atoms with Crippen LogP contribution in [-0.2, 0) is 15.4 Å². The molecule has 1 aliphatic carbocycles. The van der Waals surface area contributed by atoms with E-state index in [2.05, 4.69) is 25.3 Å². The lowest BCUT2D eigenvalue weighted by Crippen LogP contribution is -2.64. The third-order valence-electron chi connectivity index (χ3n) is 6.66. The molecule has 1 spiro atoms. The van der Waals surface area contributed by atoms with Crippen LogP contribution < -0.4 is 15.8 Å². The van der Waals surface area contributed by atoms with Crippen molar-refractivity contribution >= 4 is 38.2 Å². The van der Waals surface area contributed by atoms with Gasteiger partial charge in [-0.15, -0.1) is 0 Å². The average molecular weight is 489 g/mol. The number of sulfone groups is 1. The quantitative estimate of drug-likeness (QED) is 0.572. The summed E-state index contributed by atoms with van der Waals surface area (Å²) in [4.78, 5) is 17.1. The lowest BCUT2D eigenvalue weighted by atomic mass is 9.82. The molecule has 1 fully saturated rings. The van der Waals surface area contributed by atoms with Gasteiger partial charge in [0.15, 0.2) is 15.7 Å². The molecule has 0 radical (unpaired) electrons. The van der Waals surface area contributed by atoms with E-state index in [9.17, 15) is 12.8 Å². The van der Waals surface area contributed by atoms with Crippen molar-refractivity contribution in [1.82, 2.24) is 15.0 Å². The number of rotatable bonds is 4. The first-order valence-corrected chi connectivity index (χ1v) is 12.1. The zero-order chi connectivity index (χ0) is 24.3. The van der Waals surface area contributed by atoms with Gasteiger partial charge < -0.3 is 15.8 Å². The summed E-state index contributed by atoms with van der Waals surface area (Å²) in [6.45, 7) is 1.24. The molecule has 3 heterocycles. The van der Waals surface area contributed by atoms with Gasteiger partial charge in [-0.25, -0.2) is 32.2 Å². The molecule has 2 atom stereocenters. The normalized spacial score (nSPS) is 24.9. The van der Waals surface area contributed by atoms with E-state index in [4.69, 9.17) is 10.5 Å². The SMILES string of the molecule is COc1cnc2c(Nc3ccc(F)c(C4(C)N=C(N)C5(CCC5)S(=O)(=O)C4F)c3)nccc2n1. The van der Waals surface area contributed by atoms with Crippen LogP contribution in [0.2, 0.25) is 0 Å². The number of amidine groups is 1. The summed E-state index contributed by atoms with van der Waals surface area (Å²) in [6, 6.07) is 5.50. The van der Waals surface area contributed by atoms with Crippen LogP contribution in [0.4, 0.5) is 20.3 Å². The third-order valence-corrected chi connectivity index (χ3v) is 9.37. The molecule has 2 aromatic heterocycles. The molecule has 3 aromatic rings. The summed E-state index contributed by atoms with van der Waals surface area (Å²) >= 11 is 0. The molecule has 3 N–H and O–H groups in total. The van der Waals surface area contributed by atoms with Crippen molar-refractivity contribution in [3.63, 3.8) is 0 Å². The Kier molecular flexibility index (Phi) is 4.97. The number of methoxy groups -OCH3 is 1. The second kappa shape index (κ2) is 7.55. The highest BCUT2D eigenvalue weighted by atomic mass is 32.2. The fourth-order valence-electron chi connectivity index (χ4n) is 4.52. The second-order valence-electron chi connectivity index (χ2n) is 8.61. The van der Waals surface area contributed by atoms with Crippen molar-refractivity contribution in [1.29, 1.82) is 0 Å². The van der Waals surface area contributed by atoms with Crippen LogP contribution in [0, 0.1) is 5.82 Å². The van der Waals surface area contributed by atoms with Gasteiger partial charge >= 0.3 is 0 Å². The number of nitrogens with zero attached hydrogens (tertiary/aromatic N) is 4. The summed E-state index contributed by atoms with van der Waals surface area (Å²) < 4.78 is 60.4. The third kappa shape index (κ3) is 3.04. The number of pyridine rings is 1. The molecule has 0 bridgehead atoms. The minimum atomic E-state index is -4.35. The van der Waals surface area contributed by atoms with Crippen molar-refractivity contribution < 1.29 is 21.9 Å². The topological polar surface area (TPSA) is 132 Å². The van der Waals surface area contributed by atoms with Crippen LogP contribution in [-0.4, -0.2) is 46.6 Å². The number of nitrogens with two attached hydrogens (primary N) is 1. The fourth-order valence-corrected chi connectivity index (χ4v) is 6.89. The van der Waals surface area contributed by atoms with Crippen LogP contribution in [0.3, 0.4) is 0 Å². The van der Waals surface area contributed by atoms with Gasteiger partial charge in [-0.3, -0.25) is 4.99 Å². The Bertz CT molecular complexity index is 1440. The molecule has 1 aromatic carbocycles. The van der Waals surface area contributed by atoms with Crippen molar-refractivity contribution in [2.75, 3.05) is 12.4 Å². The van der Waals surface area contributed by atoms with Crippen LogP contribution in [0.1, 0.15) is 31.7 Å². The first-order chi connectivity index (χ1) is 16.1. The number of ether oxygens (including phenoxy) is 1. The van der Waals surface area contributed by atoms with Gasteiger partial charge in [0.2, 0.25) is 11.4 Å². The minimum Gasteiger partial charge on any atom is -0.480 e. The highest BCUT2D eigenvalue weighted by molar-refractivity contribution is 7.94. The van der Waals surface area contributed by atoms with Gasteiger partial charge in [0.25, 0.3) is 0 Å². The van der Waals surface area contributed by atoms with Gasteiger partial charge in [0.1, 0.15) is 27.5 Å². The number of aromatic nitrogens is 3. The fraction of sp³-hybridized carbons (Fsp3) is 0.364. The summed E-state index contributed by atoms with van der Waals surface area (Å²) in [6.07, 6.45) is 3.98. The van der Waals surface area contributed by atoms with Crippen molar-refractivity contribution in [3.8, 4) is 5.88 Å². The highest BCUT2D eigenvalue weighted by Crippen LogP contribution is 2.51. The number of nitrogens with one attached hydrogen (secondary N) is 1. The smallest absolute Gasteiger partial charge is 0.232 e. The first kappa shape index (κ1) is 22.4. The Morgan fingerprint density at radius 2 is 2.00 bits per heavy atom. The molecule has 2 unspecified atom stereocenters. The molecule has 178 valence electrons. The molecule has 2 aliphatic rings. The number of hydrogen-bond donors (Lipinski definition) is 2. The van der Waals surface area contributed by atoms with E-state index < -0.39 is 31.4 Å². The van der Waals surface area contributed by atoms with Gasteiger partial charge in [0, 0.05) is 17.4 Å². The predicted molar refractivity (Wildman–Crippen MR) is 123 cm³/mol. The van der Waals surface area contributed by atoms with Crippen LogP contribution in [0.25, 0.3) is 11.0 Å². The zero-order valence-corrected chi connectivity index (χ0v) is 19.2. The summed E-state index contributed by atoms with van der Waals surface area (Å²) in [5, 5.41) is 3.02. The largest absolute Gasteiger partial charge is 0.480 e. The van der Waals surface area contributed by atoms with E-state index in [1.165, 1.54) is 38.6 Å². The van der Waals surface area contributed by atoms with E-state index >= 15 is 4.39 Å². The maximum Gasteiger partial charge on any atom is 0.232 e. The Morgan fingerprint density at radius 1 is 1.24 bits per heavy atom. The number of hydrogen-bond acceptors (Lipinski definition) is 9. The number of alkyl halides is 1. The molecule has 34 heavy (non-hydrogen) atoms. The molecule has 0 saturated heterocycles. The Morgan fingerprint density at radius 3 is 2.68 bits per heavy atom. The second-order valence-corrected chi connectivity index (χ2v) is 10.9. The Balaban J connectivity index is 1.57. The predicted octanol–water partition coefficient (Wildman–Crippen LogP) is 3.14. The molecule has 5 rings (SSSR count). The number of aliphatic imine (C=N–C) groups is 1. The number of halogens is 2. The minimum absolute atomic E-state index is 0.173. The van der Waals surface area contributed by atoms with Gasteiger partial charge in [-0.05, 0) is 50.5 Å². The van der Waals surface area contributed by atoms with Crippen molar-refractivity contribution in [2.45, 2.75) is 42.0 Å². The lowest BCUT2D eigenvalue weighted by Gasteiger charge is -2.48. The Labute approximate surface area is 194 Å². The highest BCUT2D eigenvalue weighted by Gasteiger charge is 2.64. The zero-order valence-electron chi connectivity index (χ0n) is 18.4. The van der Waals surface area contributed by atoms with Crippen LogP contribution in [0.5, 0.6) is 5.88 Å². The van der Waals surface area contributed by atoms with Gasteiger partial charge in [-0.2, -0.15) is 0 Å². The monoisotopic (exact) mass is 488 g/mol. The summed E-state index contributed by atoms with van der Waals surface area (Å²) in [5.74, 6) is -0.330. The van der Waals surface area contributed by atoms with E-state index in [0.29, 0.717) is 34.8 Å². The number of benzene rings is 1. The average Bonchev–Trinajstić information content (AvgIpc) is 2.77. The molecular weight excluding hydrogens is 466 g/mol. The molecule has 1 saturated carbocycles. The van der Waals surface area contributed by atoms with E-state index in [0.717, 1.165) is 6.07 Å². The first-order valence-electron chi connectivity index (χ1n) is 10.6. The number of fused-ring (bicyclic) bond motifs is 1. The van der Waals surface area contributed by atoms with Gasteiger partial charge in [-0.1, -0.05) is 0 Å². The maximum absolute atomic E-state index is 15.6. The lowest BCUT2D eigenvalue weighted by molar-refractivity contribution is 0.253. The molecule has 1 aliphatic heterocycles. The van der Waals surface area contributed by atoms with Crippen LogP contribution in [0.15, 0.2) is 41.7 Å². The van der Waals surface area contributed by atoms with Gasteiger partial charge in [0.05, 0.1) is 18.8 Å².